The quantitative estimate of drug-likeness (QED) is 0.109. The zero-order valence-corrected chi connectivity index (χ0v) is 54.4. The molecule has 0 spiro atoms. The number of fused-ring (bicyclic) bond motifs is 2. The van der Waals surface area contributed by atoms with Gasteiger partial charge in [0.15, 0.2) is 0 Å². The second kappa shape index (κ2) is 25.0. The van der Waals surface area contributed by atoms with Gasteiger partial charge in [-0.15, -0.1) is 0 Å². The average molecular weight is 1200 g/mol. The van der Waals surface area contributed by atoms with E-state index in [1.165, 1.54) is 5.56 Å². The Morgan fingerprint density at radius 1 is 0.524 bits per heavy atom. The van der Waals surface area contributed by atoms with Gasteiger partial charge in [-0.2, -0.15) is 0 Å². The number of benzene rings is 2. The molecule has 5 aliphatic rings. The van der Waals surface area contributed by atoms with Crippen molar-refractivity contribution < 1.29 is 47.0 Å². The lowest BCUT2D eigenvalue weighted by Crippen LogP contribution is -2.42. The van der Waals surface area contributed by atoms with Crippen LogP contribution in [0.2, 0.25) is 0 Å². The van der Waals surface area contributed by atoms with Gasteiger partial charge in [-0.3, -0.25) is 0 Å². The summed E-state index contributed by atoms with van der Waals surface area (Å²) in [7, 11) is -1.36. The summed E-state index contributed by atoms with van der Waals surface area (Å²) < 4.78 is 48.2. The van der Waals surface area contributed by atoms with Crippen LogP contribution in [0.3, 0.4) is 0 Å². The Balaban J connectivity index is 0.000000187. The first-order chi connectivity index (χ1) is 37.9. The van der Waals surface area contributed by atoms with E-state index in [0.717, 1.165) is 102 Å². The van der Waals surface area contributed by atoms with Gasteiger partial charge in [0.2, 0.25) is 11.9 Å². The summed E-state index contributed by atoms with van der Waals surface area (Å²) in [6, 6.07) is 9.27. The van der Waals surface area contributed by atoms with Crippen molar-refractivity contribution in [2.24, 2.45) is 0 Å². The van der Waals surface area contributed by atoms with E-state index in [-0.39, 0.29) is 63.9 Å². The fraction of sp³-hybridized carbons (Fsp3) is 0.700. The van der Waals surface area contributed by atoms with E-state index in [9.17, 15) is 9.59 Å². The molecule has 2 aromatic heterocycles. The molecular formula is C60H94B3BrN8O10. The Morgan fingerprint density at radius 3 is 1.21 bits per heavy atom. The van der Waals surface area contributed by atoms with E-state index in [1.54, 1.807) is 0 Å². The number of aromatic nitrogens is 4. The molecule has 3 aliphatic heterocycles. The number of nitrogens with zero attached hydrogens (tertiary/aromatic N) is 4. The molecule has 82 heavy (non-hydrogen) atoms. The third-order valence-electron chi connectivity index (χ3n) is 17.1. The summed E-state index contributed by atoms with van der Waals surface area (Å²) in [5, 5.41) is 15.0. The van der Waals surface area contributed by atoms with E-state index in [0.29, 0.717) is 17.9 Å². The molecule has 18 nitrogen and oxygen atoms in total. The summed E-state index contributed by atoms with van der Waals surface area (Å²) in [6.07, 6.45) is 12.3. The molecule has 2 aliphatic carbocycles. The summed E-state index contributed by atoms with van der Waals surface area (Å²) in [5.74, 6) is 1.32. The van der Waals surface area contributed by atoms with Crippen molar-refractivity contribution in [2.45, 2.75) is 272 Å². The molecule has 2 saturated carbocycles. The molecule has 4 aromatic rings. The first-order valence-electron chi connectivity index (χ1n) is 29.7. The number of nitrogens with one attached hydrogen (secondary N) is 4. The zero-order chi connectivity index (χ0) is 60.6. The minimum absolute atomic E-state index is 0.135. The normalized spacial score (nSPS) is 24.2. The van der Waals surface area contributed by atoms with E-state index in [1.807, 2.05) is 115 Å². The lowest BCUT2D eigenvalue weighted by Gasteiger charge is -2.32. The second-order valence-corrected chi connectivity index (χ2v) is 28.6. The van der Waals surface area contributed by atoms with Crippen LogP contribution in [-0.2, 0) is 50.2 Å². The fourth-order valence-electron chi connectivity index (χ4n) is 10.3. The Hall–Kier alpha value is -4.31. The molecule has 5 fully saturated rings. The Kier molecular flexibility index (Phi) is 19.9. The third-order valence-corrected chi connectivity index (χ3v) is 17.6. The number of carbonyl (C=O) groups excluding carboxylic acids is 2. The van der Waals surface area contributed by atoms with Crippen LogP contribution in [0.15, 0.2) is 41.1 Å². The van der Waals surface area contributed by atoms with Crippen LogP contribution in [0, 0.1) is 0 Å². The molecule has 2 aromatic carbocycles. The minimum Gasteiger partial charge on any atom is -0.444 e. The molecule has 3 saturated heterocycles. The van der Waals surface area contributed by atoms with Crippen molar-refractivity contribution in [1.29, 1.82) is 0 Å². The summed E-state index contributed by atoms with van der Waals surface area (Å²) in [6.45, 7) is 40.0. The van der Waals surface area contributed by atoms with Gasteiger partial charge >= 0.3 is 33.3 Å². The smallest absolute Gasteiger partial charge is 0.444 e. The van der Waals surface area contributed by atoms with Crippen LogP contribution in [0.25, 0.3) is 21.8 Å². The van der Waals surface area contributed by atoms with Crippen LogP contribution in [0.5, 0.6) is 0 Å². The molecule has 450 valence electrons. The van der Waals surface area contributed by atoms with Gasteiger partial charge in [0.05, 0.1) is 44.6 Å². The third kappa shape index (κ3) is 16.4. The number of aryl methyl sites for hydroxylation is 2. The van der Waals surface area contributed by atoms with Crippen LogP contribution in [0.1, 0.15) is 201 Å². The number of hydrogen-bond acceptors (Lipinski definition) is 16. The van der Waals surface area contributed by atoms with Crippen LogP contribution in [-0.4, -0.2) is 122 Å². The largest absolute Gasteiger partial charge is 0.494 e. The Morgan fingerprint density at radius 2 is 0.854 bits per heavy atom. The summed E-state index contributed by atoms with van der Waals surface area (Å²) >= 11 is 3.55. The summed E-state index contributed by atoms with van der Waals surface area (Å²) in [4.78, 5) is 42.8. The molecule has 0 bridgehead atoms. The van der Waals surface area contributed by atoms with Crippen molar-refractivity contribution in [3.8, 4) is 0 Å². The molecular weight excluding hydrogens is 1110 g/mol. The van der Waals surface area contributed by atoms with Crippen LogP contribution >= 0.6 is 15.9 Å². The van der Waals surface area contributed by atoms with Gasteiger partial charge in [0.1, 0.15) is 11.2 Å². The summed E-state index contributed by atoms with van der Waals surface area (Å²) in [5.41, 5.74) is 2.15. The zero-order valence-electron chi connectivity index (χ0n) is 52.8. The van der Waals surface area contributed by atoms with Gasteiger partial charge in [-0.25, -0.2) is 29.5 Å². The van der Waals surface area contributed by atoms with E-state index in [2.05, 4.69) is 107 Å². The highest BCUT2D eigenvalue weighted by atomic mass is 79.9. The average Bonchev–Trinajstić information content (AvgIpc) is 2.25. The fourth-order valence-corrected chi connectivity index (χ4v) is 10.8. The van der Waals surface area contributed by atoms with Crippen molar-refractivity contribution in [1.82, 2.24) is 30.6 Å². The SMILES string of the molecule is CC1(C)OB(B2OC(C)(C)C(C)(C)O2)OC1(C)C.CCc1cc(B2OC(C)(C)C(C)(C)O2)cc2cnc(NC3CCC(NC(=O)OC(C)(C)C)CC3)nc12.CCc1cc(Br)cc2cnc(NC3CCC(NC(=O)OC(C)(C)C)CC3)nc12. The van der Waals surface area contributed by atoms with Crippen molar-refractivity contribution in [3.63, 3.8) is 0 Å². The molecule has 5 heterocycles. The standard InChI is InChI=1S/C27H41BN4O4.C21H29BrN4O2.C12H24B2O4/c1-9-17-14-19(28-35-26(5,6)27(7,8)36-28)15-18-16-29-23(32-22(17)18)30-20-10-12-21(13-11-20)31-24(33)34-25(2,3)4;1-5-13-10-15(22)11-14-12-23-19(26-18(13)14)24-16-6-8-17(9-7-16)25-20(27)28-21(2,3)4;1-9(2)10(3,4)16-13(15-9)14-17-11(5,6)12(7,8)18-14/h14-16,20-21H,9-13H2,1-8H3,(H,31,33)(H,29,30,32);10-12,16-17H,5-9H2,1-4H3,(H,25,27)(H,23,24,26);1-8H3. The van der Waals surface area contributed by atoms with E-state index >= 15 is 0 Å². The number of ether oxygens (including phenoxy) is 2. The van der Waals surface area contributed by atoms with Crippen molar-refractivity contribution in [2.75, 3.05) is 10.6 Å². The molecule has 2 amide bonds. The molecule has 9 rings (SSSR count). The first-order valence-corrected chi connectivity index (χ1v) is 30.5. The van der Waals surface area contributed by atoms with Gasteiger partial charge < -0.3 is 58.7 Å². The minimum atomic E-state index is -0.487. The van der Waals surface area contributed by atoms with Gasteiger partial charge in [0.25, 0.3) is 0 Å². The molecule has 0 radical (unpaired) electrons. The van der Waals surface area contributed by atoms with Gasteiger partial charge in [-0.1, -0.05) is 41.9 Å². The number of rotatable bonds is 10. The maximum Gasteiger partial charge on any atom is 0.494 e. The number of halogens is 1. The predicted molar refractivity (Wildman–Crippen MR) is 331 cm³/mol. The first kappa shape index (κ1) is 65.2. The maximum absolute atomic E-state index is 12.1. The molecule has 4 N–H and O–H groups in total. The lowest BCUT2D eigenvalue weighted by atomic mass is 9.49. The van der Waals surface area contributed by atoms with E-state index < -0.39 is 32.3 Å². The van der Waals surface area contributed by atoms with Crippen LogP contribution in [0.4, 0.5) is 21.5 Å². The van der Waals surface area contributed by atoms with Crippen molar-refractivity contribution >= 4 is 88.4 Å². The molecule has 22 heteroatoms. The monoisotopic (exact) mass is 1200 g/mol. The Bertz CT molecular complexity index is 2800. The van der Waals surface area contributed by atoms with Gasteiger partial charge in [0, 0.05) is 51.8 Å². The number of hydrogen-bond donors (Lipinski definition) is 4. The number of carbonyl (C=O) groups is 2. The highest BCUT2D eigenvalue weighted by Gasteiger charge is 2.64. The second-order valence-electron chi connectivity index (χ2n) is 27.7. The lowest BCUT2D eigenvalue weighted by molar-refractivity contribution is 0.00578. The molecule has 0 atom stereocenters. The van der Waals surface area contributed by atoms with Crippen molar-refractivity contribution in [3.05, 3.63) is 52.3 Å². The maximum atomic E-state index is 12.1. The van der Waals surface area contributed by atoms with Crippen LogP contribution < -0.4 is 26.7 Å². The number of alkyl carbamates (subject to hydrolysis) is 2. The van der Waals surface area contributed by atoms with E-state index in [4.69, 9.17) is 47.4 Å². The number of amides is 2. The topological polar surface area (TPSA) is 208 Å². The highest BCUT2D eigenvalue weighted by molar-refractivity contribution is 9.10. The highest BCUT2D eigenvalue weighted by Crippen LogP contribution is 2.43. The molecule has 0 unspecified atom stereocenters. The Labute approximate surface area is 498 Å². The number of anilines is 2. The van der Waals surface area contributed by atoms with Gasteiger partial charge in [-0.05, 0) is 218 Å². The predicted octanol–water partition coefficient (Wildman–Crippen LogP) is 12.2.